The fourth-order valence-electron chi connectivity index (χ4n) is 3.84. The van der Waals surface area contributed by atoms with Crippen LogP contribution >= 0.6 is 11.3 Å². The number of anilines is 1. The molecular weight excluding hydrogens is 495 g/mol. The van der Waals surface area contributed by atoms with Crippen LogP contribution in [0.1, 0.15) is 48.5 Å². The van der Waals surface area contributed by atoms with E-state index in [-0.39, 0.29) is 27.9 Å². The van der Waals surface area contributed by atoms with Crippen molar-refractivity contribution in [2.24, 2.45) is 0 Å². The fraction of sp³-hybridized carbons (Fsp3) is 0.280. The van der Waals surface area contributed by atoms with E-state index in [0.717, 1.165) is 10.5 Å². The molecule has 0 spiro atoms. The third-order valence-corrected chi connectivity index (χ3v) is 6.73. The molecule has 0 aliphatic carbocycles. The number of hydrogen-bond acceptors (Lipinski definition) is 7. The maximum Gasteiger partial charge on any atom is 0.445 e. The number of aliphatic hydroxyl groups is 1. The monoisotopic (exact) mass is 517 g/mol. The van der Waals surface area contributed by atoms with E-state index < -0.39 is 39.8 Å². The summed E-state index contributed by atoms with van der Waals surface area (Å²) in [6.07, 6.45) is -4.77. The lowest BCUT2D eigenvalue weighted by atomic mass is 9.85. The predicted molar refractivity (Wildman–Crippen MR) is 128 cm³/mol. The minimum Gasteiger partial charge on any atom is -0.507 e. The number of alkyl halides is 3. The number of ketones is 1. The zero-order chi connectivity index (χ0) is 26.4. The molecular formula is C25H22F3N3O4S. The summed E-state index contributed by atoms with van der Waals surface area (Å²) in [7, 11) is 1.47. The first-order valence-corrected chi connectivity index (χ1v) is 11.6. The van der Waals surface area contributed by atoms with Crippen LogP contribution in [0.4, 0.5) is 18.3 Å². The van der Waals surface area contributed by atoms with Crippen LogP contribution in [0.3, 0.4) is 0 Å². The summed E-state index contributed by atoms with van der Waals surface area (Å²) in [5.41, 5.74) is 1.16. The highest BCUT2D eigenvalue weighted by Gasteiger charge is 2.49. The van der Waals surface area contributed by atoms with Crippen molar-refractivity contribution in [3.8, 4) is 5.75 Å². The van der Waals surface area contributed by atoms with Crippen LogP contribution in [0, 0.1) is 0 Å². The zero-order valence-corrected chi connectivity index (χ0v) is 20.6. The molecule has 0 bridgehead atoms. The van der Waals surface area contributed by atoms with E-state index in [0.29, 0.717) is 11.3 Å². The van der Waals surface area contributed by atoms with Gasteiger partial charge in [-0.2, -0.15) is 13.2 Å². The molecule has 1 atom stereocenters. The van der Waals surface area contributed by atoms with Crippen LogP contribution < -0.4 is 9.64 Å². The Morgan fingerprint density at radius 3 is 2.11 bits per heavy atom. The fourth-order valence-corrected chi connectivity index (χ4v) is 4.58. The van der Waals surface area contributed by atoms with Crippen molar-refractivity contribution in [1.29, 1.82) is 0 Å². The summed E-state index contributed by atoms with van der Waals surface area (Å²) in [4.78, 5) is 27.1. The number of halogens is 3. The van der Waals surface area contributed by atoms with Crippen molar-refractivity contribution < 1.29 is 32.6 Å². The summed E-state index contributed by atoms with van der Waals surface area (Å²) in [5, 5.41) is 16.2. The van der Waals surface area contributed by atoms with Gasteiger partial charge in [-0.3, -0.25) is 14.5 Å². The first kappa shape index (κ1) is 25.4. The highest BCUT2D eigenvalue weighted by molar-refractivity contribution is 7.15. The Balaban J connectivity index is 1.90. The summed E-state index contributed by atoms with van der Waals surface area (Å²) in [6, 6.07) is 11.9. The van der Waals surface area contributed by atoms with Crippen LogP contribution in [-0.4, -0.2) is 34.1 Å². The molecule has 2 aromatic carbocycles. The second-order valence-electron chi connectivity index (χ2n) is 9.16. The van der Waals surface area contributed by atoms with Crippen molar-refractivity contribution in [2.75, 3.05) is 12.0 Å². The van der Waals surface area contributed by atoms with E-state index in [1.165, 1.54) is 19.2 Å². The minimum absolute atomic E-state index is 0.148. The van der Waals surface area contributed by atoms with Crippen LogP contribution in [0.2, 0.25) is 0 Å². The van der Waals surface area contributed by atoms with Crippen LogP contribution in [0.15, 0.2) is 54.1 Å². The Kier molecular flexibility index (Phi) is 6.38. The molecule has 1 fully saturated rings. The molecule has 0 radical (unpaired) electrons. The van der Waals surface area contributed by atoms with Gasteiger partial charge in [0.25, 0.3) is 5.78 Å². The molecule has 1 aromatic heterocycles. The van der Waals surface area contributed by atoms with Gasteiger partial charge in [-0.1, -0.05) is 56.4 Å². The standard InChI is InChI=1S/C25H22F3N3O4S/c1-24(2,3)15-9-5-13(6-10-15)18-17(19(32)14-7-11-16(35-4)12-8-14)20(33)21(34)31(18)23-30-29-22(36-23)25(26,27)28/h5-12,18,32H,1-4H3/b19-17+. The summed E-state index contributed by atoms with van der Waals surface area (Å²) in [6.45, 7) is 6.03. The Labute approximate surface area is 208 Å². The van der Waals surface area contributed by atoms with Crippen LogP contribution in [0.25, 0.3) is 5.76 Å². The molecule has 7 nitrogen and oxygen atoms in total. The highest BCUT2D eigenvalue weighted by atomic mass is 32.1. The van der Waals surface area contributed by atoms with Crippen LogP contribution in [0.5, 0.6) is 5.75 Å². The van der Waals surface area contributed by atoms with Gasteiger partial charge in [0.1, 0.15) is 11.5 Å². The number of ether oxygens (including phenoxy) is 1. The van der Waals surface area contributed by atoms with E-state index in [2.05, 4.69) is 10.2 Å². The largest absolute Gasteiger partial charge is 0.507 e. The van der Waals surface area contributed by atoms with Gasteiger partial charge < -0.3 is 9.84 Å². The molecule has 1 aliphatic rings. The Morgan fingerprint density at radius 2 is 1.61 bits per heavy atom. The second kappa shape index (κ2) is 9.05. The molecule has 11 heteroatoms. The lowest BCUT2D eigenvalue weighted by Crippen LogP contribution is -2.29. The van der Waals surface area contributed by atoms with Crippen molar-refractivity contribution in [2.45, 2.75) is 38.4 Å². The lowest BCUT2D eigenvalue weighted by molar-refractivity contribution is -0.138. The number of benzene rings is 2. The molecule has 1 saturated heterocycles. The van der Waals surface area contributed by atoms with Gasteiger partial charge in [0.05, 0.1) is 18.7 Å². The number of carbonyl (C=O) groups excluding carboxylic acids is 2. The summed E-state index contributed by atoms with van der Waals surface area (Å²) >= 11 is 0.148. The molecule has 1 amide bonds. The van der Waals surface area contributed by atoms with Gasteiger partial charge in [-0.15, -0.1) is 10.2 Å². The molecule has 4 rings (SSSR count). The topological polar surface area (TPSA) is 92.6 Å². The third kappa shape index (κ3) is 4.58. The molecule has 3 aromatic rings. The zero-order valence-electron chi connectivity index (χ0n) is 19.8. The SMILES string of the molecule is COc1ccc(/C(O)=C2\C(=O)C(=O)N(c3nnc(C(F)(F)F)s3)C2c2ccc(C(C)(C)C)cc2)cc1. The predicted octanol–water partition coefficient (Wildman–Crippen LogP) is 5.49. The van der Waals surface area contributed by atoms with Crippen molar-refractivity contribution in [3.05, 3.63) is 75.8 Å². The normalized spacial score (nSPS) is 18.1. The van der Waals surface area contributed by atoms with Crippen molar-refractivity contribution in [3.63, 3.8) is 0 Å². The van der Waals surface area contributed by atoms with Gasteiger partial charge in [-0.05, 0) is 40.8 Å². The van der Waals surface area contributed by atoms with Crippen molar-refractivity contribution in [1.82, 2.24) is 10.2 Å². The first-order chi connectivity index (χ1) is 16.8. The first-order valence-electron chi connectivity index (χ1n) is 10.8. The van der Waals surface area contributed by atoms with E-state index in [4.69, 9.17) is 4.74 Å². The van der Waals surface area contributed by atoms with E-state index in [1.54, 1.807) is 24.3 Å². The molecule has 188 valence electrons. The highest BCUT2D eigenvalue weighted by Crippen LogP contribution is 2.45. The molecule has 1 aliphatic heterocycles. The number of rotatable bonds is 4. The lowest BCUT2D eigenvalue weighted by Gasteiger charge is -2.24. The number of nitrogens with zero attached hydrogens (tertiary/aromatic N) is 3. The number of aliphatic hydroxyl groups excluding tert-OH is 1. The van der Waals surface area contributed by atoms with Gasteiger partial charge in [0.2, 0.25) is 10.1 Å². The number of hydrogen-bond donors (Lipinski definition) is 1. The Hall–Kier alpha value is -3.73. The minimum atomic E-state index is -4.77. The Bertz CT molecular complexity index is 1340. The average molecular weight is 518 g/mol. The Morgan fingerprint density at radius 1 is 1.00 bits per heavy atom. The van der Waals surface area contributed by atoms with E-state index >= 15 is 0 Å². The van der Waals surface area contributed by atoms with Gasteiger partial charge in [-0.25, -0.2) is 0 Å². The van der Waals surface area contributed by atoms with Gasteiger partial charge in [0.15, 0.2) is 0 Å². The molecule has 2 heterocycles. The van der Waals surface area contributed by atoms with Crippen LogP contribution in [-0.2, 0) is 21.2 Å². The molecule has 1 unspecified atom stereocenters. The third-order valence-electron chi connectivity index (χ3n) is 5.76. The molecule has 36 heavy (non-hydrogen) atoms. The number of carbonyl (C=O) groups is 2. The van der Waals surface area contributed by atoms with Gasteiger partial charge in [0, 0.05) is 5.56 Å². The maximum atomic E-state index is 13.2. The number of aromatic nitrogens is 2. The second-order valence-corrected chi connectivity index (χ2v) is 10.1. The van der Waals surface area contributed by atoms with E-state index in [1.807, 2.05) is 32.9 Å². The maximum absolute atomic E-state index is 13.2. The smallest absolute Gasteiger partial charge is 0.445 e. The van der Waals surface area contributed by atoms with Gasteiger partial charge >= 0.3 is 12.1 Å². The number of methoxy groups -OCH3 is 1. The van der Waals surface area contributed by atoms with Crippen molar-refractivity contribution >= 4 is 33.9 Å². The summed E-state index contributed by atoms with van der Waals surface area (Å²) < 4.78 is 44.7. The number of Topliss-reactive ketones (excluding diaryl/α,β-unsaturated/α-hetero) is 1. The number of amides is 1. The molecule has 1 N–H and O–H groups in total. The quantitative estimate of drug-likeness (QED) is 0.280. The molecule has 0 saturated carbocycles. The average Bonchev–Trinajstić information content (AvgIpc) is 3.42. The summed E-state index contributed by atoms with van der Waals surface area (Å²) in [5.74, 6) is -2.12. The van der Waals surface area contributed by atoms with E-state index in [9.17, 15) is 27.9 Å².